The zero-order chi connectivity index (χ0) is 22.1. The van der Waals surface area contributed by atoms with E-state index in [-0.39, 0.29) is 11.3 Å². The van der Waals surface area contributed by atoms with Gasteiger partial charge in [0.05, 0.1) is 17.5 Å². The van der Waals surface area contributed by atoms with Crippen LogP contribution in [0.15, 0.2) is 68.6 Å². The summed E-state index contributed by atoms with van der Waals surface area (Å²) in [6.07, 6.45) is 1.53. The Morgan fingerprint density at radius 2 is 1.90 bits per heavy atom. The van der Waals surface area contributed by atoms with Crippen molar-refractivity contribution in [2.45, 2.75) is 13.8 Å². The van der Waals surface area contributed by atoms with E-state index in [0.29, 0.717) is 11.3 Å². The van der Waals surface area contributed by atoms with Crippen LogP contribution in [0.1, 0.15) is 37.9 Å². The summed E-state index contributed by atoms with van der Waals surface area (Å²) in [6.45, 7) is 3.75. The average Bonchev–Trinajstić information content (AvgIpc) is 3.28. The molecular formula is C23H18BrN3O4. The lowest BCUT2D eigenvalue weighted by molar-refractivity contribution is 0.0696. The van der Waals surface area contributed by atoms with E-state index in [1.54, 1.807) is 36.4 Å². The molecule has 0 aliphatic rings. The molecular weight excluding hydrogens is 462 g/mol. The Bertz CT molecular complexity index is 1350. The molecule has 4 rings (SSSR count). The lowest BCUT2D eigenvalue weighted by atomic mass is 10.1. The number of furan rings is 1. The van der Waals surface area contributed by atoms with E-state index in [1.165, 1.54) is 6.21 Å². The van der Waals surface area contributed by atoms with Crippen molar-refractivity contribution in [3.05, 3.63) is 87.3 Å². The highest BCUT2D eigenvalue weighted by molar-refractivity contribution is 9.10. The highest BCUT2D eigenvalue weighted by Crippen LogP contribution is 2.24. The molecule has 1 amide bonds. The average molecular weight is 480 g/mol. The third-order valence-electron chi connectivity index (χ3n) is 4.92. The largest absolute Gasteiger partial charge is 0.478 e. The van der Waals surface area contributed by atoms with Gasteiger partial charge >= 0.3 is 11.9 Å². The second-order valence-electron chi connectivity index (χ2n) is 6.98. The van der Waals surface area contributed by atoms with Crippen LogP contribution in [0.25, 0.3) is 16.7 Å². The number of nitrogens with zero attached hydrogens (tertiary/aromatic N) is 2. The summed E-state index contributed by atoms with van der Waals surface area (Å²) >= 11 is 3.39. The minimum atomic E-state index is -0.997. The minimum Gasteiger partial charge on any atom is -0.478 e. The van der Waals surface area contributed by atoms with Crippen molar-refractivity contribution in [2.75, 3.05) is 0 Å². The Balaban J connectivity index is 1.57. The fourth-order valence-corrected chi connectivity index (χ4v) is 3.86. The van der Waals surface area contributed by atoms with Gasteiger partial charge in [-0.15, -0.1) is 0 Å². The number of nitrogens with one attached hydrogen (secondary N) is 1. The van der Waals surface area contributed by atoms with Gasteiger partial charge in [0.15, 0.2) is 5.76 Å². The molecule has 8 heteroatoms. The molecule has 2 heterocycles. The van der Waals surface area contributed by atoms with Crippen LogP contribution in [0.4, 0.5) is 0 Å². The molecule has 0 atom stereocenters. The van der Waals surface area contributed by atoms with Gasteiger partial charge < -0.3 is 14.1 Å². The number of aryl methyl sites for hydroxylation is 1. The van der Waals surface area contributed by atoms with E-state index in [9.17, 15) is 14.7 Å². The molecule has 156 valence electrons. The van der Waals surface area contributed by atoms with Crippen LogP contribution in [0.3, 0.4) is 0 Å². The first-order chi connectivity index (χ1) is 14.8. The lowest BCUT2D eigenvalue weighted by Crippen LogP contribution is -2.16. The van der Waals surface area contributed by atoms with E-state index in [4.69, 9.17) is 4.42 Å². The molecule has 0 fully saturated rings. The van der Waals surface area contributed by atoms with Gasteiger partial charge in [0, 0.05) is 26.8 Å². The SMILES string of the molecule is Cc1cc(/C=N/NC(=O)c2cc3cc(Br)ccc3o2)c(C)n1-c1ccccc1C(=O)O. The molecule has 0 radical (unpaired) electrons. The fourth-order valence-electron chi connectivity index (χ4n) is 3.48. The molecule has 0 aliphatic heterocycles. The molecule has 0 saturated carbocycles. The zero-order valence-electron chi connectivity index (χ0n) is 16.7. The maximum atomic E-state index is 12.4. The summed E-state index contributed by atoms with van der Waals surface area (Å²) in [5, 5.41) is 14.4. The zero-order valence-corrected chi connectivity index (χ0v) is 18.3. The number of aromatic nitrogens is 1. The van der Waals surface area contributed by atoms with Crippen molar-refractivity contribution in [1.82, 2.24) is 9.99 Å². The maximum absolute atomic E-state index is 12.4. The number of halogens is 1. The fraction of sp³-hybridized carbons (Fsp3) is 0.0870. The van der Waals surface area contributed by atoms with E-state index >= 15 is 0 Å². The number of hydrazone groups is 1. The number of carboxylic acids is 1. The first kappa shape index (κ1) is 20.6. The van der Waals surface area contributed by atoms with Gasteiger partial charge in [-0.2, -0.15) is 5.10 Å². The van der Waals surface area contributed by atoms with Crippen molar-refractivity contribution in [2.24, 2.45) is 5.10 Å². The number of hydrogen-bond acceptors (Lipinski definition) is 4. The maximum Gasteiger partial charge on any atom is 0.337 e. The highest BCUT2D eigenvalue weighted by Gasteiger charge is 2.16. The molecule has 2 aromatic carbocycles. The van der Waals surface area contributed by atoms with Gasteiger partial charge in [0.1, 0.15) is 5.58 Å². The van der Waals surface area contributed by atoms with Gasteiger partial charge in [0.25, 0.3) is 0 Å². The third kappa shape index (κ3) is 4.02. The Morgan fingerprint density at radius 1 is 1.13 bits per heavy atom. The monoisotopic (exact) mass is 479 g/mol. The van der Waals surface area contributed by atoms with Gasteiger partial charge in [-0.05, 0) is 56.3 Å². The molecule has 4 aromatic rings. The predicted octanol–water partition coefficient (Wildman–Crippen LogP) is 5.06. The smallest absolute Gasteiger partial charge is 0.337 e. The van der Waals surface area contributed by atoms with Crippen molar-refractivity contribution in [3.63, 3.8) is 0 Å². The first-order valence-corrected chi connectivity index (χ1v) is 10.2. The van der Waals surface area contributed by atoms with Gasteiger partial charge in [-0.3, -0.25) is 4.79 Å². The minimum absolute atomic E-state index is 0.158. The molecule has 2 N–H and O–H groups in total. The second-order valence-corrected chi connectivity index (χ2v) is 7.89. The summed E-state index contributed by atoms with van der Waals surface area (Å²) in [4.78, 5) is 24.0. The summed E-state index contributed by atoms with van der Waals surface area (Å²) in [6, 6.07) is 15.8. The second kappa shape index (κ2) is 8.23. The number of rotatable bonds is 5. The molecule has 0 saturated heterocycles. The number of carboxylic acid groups (broad SMARTS) is 1. The van der Waals surface area contributed by atoms with Crippen LogP contribution in [-0.4, -0.2) is 27.8 Å². The van der Waals surface area contributed by atoms with Crippen LogP contribution in [0, 0.1) is 13.8 Å². The number of carbonyl (C=O) groups excluding carboxylic acids is 1. The topological polar surface area (TPSA) is 96.8 Å². The van der Waals surface area contributed by atoms with E-state index in [0.717, 1.165) is 26.8 Å². The lowest BCUT2D eigenvalue weighted by Gasteiger charge is -2.12. The number of benzene rings is 2. The summed E-state index contributed by atoms with van der Waals surface area (Å²) in [5.41, 5.74) is 6.27. The number of amides is 1. The number of fused-ring (bicyclic) bond motifs is 1. The van der Waals surface area contributed by atoms with Gasteiger partial charge in [0.2, 0.25) is 0 Å². The van der Waals surface area contributed by atoms with Crippen LogP contribution in [-0.2, 0) is 0 Å². The van der Waals surface area contributed by atoms with E-state index < -0.39 is 11.9 Å². The molecule has 0 bridgehead atoms. The molecule has 31 heavy (non-hydrogen) atoms. The van der Waals surface area contributed by atoms with Crippen molar-refractivity contribution >= 4 is 45.0 Å². The normalized spacial score (nSPS) is 11.3. The molecule has 2 aromatic heterocycles. The first-order valence-electron chi connectivity index (χ1n) is 9.39. The van der Waals surface area contributed by atoms with Crippen LogP contribution < -0.4 is 5.43 Å². The standard InChI is InChI=1S/C23H18BrN3O4/c1-13-9-16(14(2)27(13)19-6-4-3-5-18(19)23(29)30)12-25-26-22(28)21-11-15-10-17(24)7-8-20(15)31-21/h3-12H,1-2H3,(H,26,28)(H,29,30)/b25-12+. The van der Waals surface area contributed by atoms with Crippen molar-refractivity contribution in [1.29, 1.82) is 0 Å². The molecule has 0 unspecified atom stereocenters. The number of carbonyl (C=O) groups is 2. The van der Waals surface area contributed by atoms with E-state index in [2.05, 4.69) is 26.5 Å². The summed E-state index contributed by atoms with van der Waals surface area (Å²) in [7, 11) is 0. The molecule has 0 aliphatic carbocycles. The Hall–Kier alpha value is -3.65. The third-order valence-corrected chi connectivity index (χ3v) is 5.41. The number of para-hydroxylation sites is 1. The molecule has 0 spiro atoms. The Morgan fingerprint density at radius 3 is 2.68 bits per heavy atom. The van der Waals surface area contributed by atoms with Gasteiger partial charge in [-0.1, -0.05) is 28.1 Å². The quantitative estimate of drug-likeness (QED) is 0.308. The highest BCUT2D eigenvalue weighted by atomic mass is 79.9. The Labute approximate surface area is 186 Å². The van der Waals surface area contributed by atoms with Crippen LogP contribution in [0.2, 0.25) is 0 Å². The predicted molar refractivity (Wildman–Crippen MR) is 121 cm³/mol. The summed E-state index contributed by atoms with van der Waals surface area (Å²) < 4.78 is 8.31. The van der Waals surface area contributed by atoms with E-state index in [1.807, 2.05) is 36.6 Å². The van der Waals surface area contributed by atoms with Crippen molar-refractivity contribution in [3.8, 4) is 5.69 Å². The number of aromatic carboxylic acids is 1. The van der Waals surface area contributed by atoms with Crippen molar-refractivity contribution < 1.29 is 19.1 Å². The summed E-state index contributed by atoms with van der Waals surface area (Å²) in [5.74, 6) is -1.30. The Kier molecular flexibility index (Phi) is 5.48. The molecule has 7 nitrogen and oxygen atoms in total. The van der Waals surface area contributed by atoms with Crippen LogP contribution >= 0.6 is 15.9 Å². The van der Waals surface area contributed by atoms with Gasteiger partial charge in [-0.25, -0.2) is 10.2 Å². The van der Waals surface area contributed by atoms with Crippen LogP contribution in [0.5, 0.6) is 0 Å². The number of hydrogen-bond donors (Lipinski definition) is 2.